The average Bonchev–Trinajstić information content (AvgIpc) is 2.51. The van der Waals surface area contributed by atoms with Crippen LogP contribution in [-0.4, -0.2) is 53.1 Å². The zero-order valence-corrected chi connectivity index (χ0v) is 15.1. The smallest absolute Gasteiger partial charge is 0.134 e. The minimum Gasteiger partial charge on any atom is -0.496 e. The molecule has 0 radical (unpaired) electrons. The Morgan fingerprint density at radius 2 is 1.92 bits per heavy atom. The highest BCUT2D eigenvalue weighted by atomic mass is 16.5. The van der Waals surface area contributed by atoms with Crippen LogP contribution in [0.3, 0.4) is 0 Å². The Hall–Kier alpha value is -2.21. The molecule has 24 heavy (non-hydrogen) atoms. The first-order valence-corrected chi connectivity index (χ1v) is 8.22. The van der Waals surface area contributed by atoms with E-state index in [4.69, 9.17) is 4.74 Å². The van der Waals surface area contributed by atoms with Crippen molar-refractivity contribution in [2.75, 3.05) is 32.1 Å². The fourth-order valence-corrected chi connectivity index (χ4v) is 3.23. The first-order chi connectivity index (χ1) is 11.5. The Labute approximate surface area is 143 Å². The van der Waals surface area contributed by atoms with Crippen LogP contribution in [0, 0.1) is 20.8 Å². The van der Waals surface area contributed by atoms with E-state index in [1.807, 2.05) is 19.3 Å². The summed E-state index contributed by atoms with van der Waals surface area (Å²) in [5, 5.41) is 0. The van der Waals surface area contributed by atoms with Gasteiger partial charge in [-0.2, -0.15) is 0 Å². The molecule has 0 spiro atoms. The zero-order valence-electron chi connectivity index (χ0n) is 15.1. The van der Waals surface area contributed by atoms with Crippen LogP contribution < -0.4 is 9.64 Å². The van der Waals surface area contributed by atoms with Crippen LogP contribution in [0.1, 0.15) is 22.4 Å². The topological polar surface area (TPSA) is 54.4 Å². The Balaban J connectivity index is 1.64. The van der Waals surface area contributed by atoms with Crippen LogP contribution in [0.2, 0.25) is 0 Å². The highest BCUT2D eigenvalue weighted by Crippen LogP contribution is 2.27. The second-order valence-corrected chi connectivity index (χ2v) is 6.55. The molecule has 0 N–H and O–H groups in total. The van der Waals surface area contributed by atoms with E-state index in [0.29, 0.717) is 6.04 Å². The fraction of sp³-hybridized carbons (Fsp3) is 0.500. The molecule has 1 aliphatic rings. The first kappa shape index (κ1) is 16.6. The summed E-state index contributed by atoms with van der Waals surface area (Å²) in [4.78, 5) is 17.7. The summed E-state index contributed by atoms with van der Waals surface area (Å²) in [6.07, 6.45) is 5.38. The molecule has 0 bridgehead atoms. The van der Waals surface area contributed by atoms with E-state index in [1.54, 1.807) is 13.4 Å². The van der Waals surface area contributed by atoms with Crippen molar-refractivity contribution in [2.45, 2.75) is 33.4 Å². The lowest BCUT2D eigenvalue weighted by atomic mass is 10.1. The van der Waals surface area contributed by atoms with Crippen LogP contribution in [0.4, 0.5) is 5.82 Å². The summed E-state index contributed by atoms with van der Waals surface area (Å²) in [5.74, 6) is 1.99. The molecule has 2 aromatic heterocycles. The molecule has 3 heterocycles. The molecule has 3 rings (SSSR count). The third kappa shape index (κ3) is 3.06. The number of aryl methyl sites for hydroxylation is 2. The van der Waals surface area contributed by atoms with Crippen molar-refractivity contribution < 1.29 is 4.74 Å². The molecule has 0 unspecified atom stereocenters. The molecule has 0 saturated carbocycles. The number of pyridine rings is 1. The lowest BCUT2D eigenvalue weighted by molar-refractivity contribution is 0.194. The second kappa shape index (κ2) is 6.73. The van der Waals surface area contributed by atoms with Gasteiger partial charge in [0.05, 0.1) is 12.8 Å². The largest absolute Gasteiger partial charge is 0.496 e. The number of likely N-dealkylation sites (N-methyl/N-ethyl adjacent to an activating group) is 1. The van der Waals surface area contributed by atoms with Gasteiger partial charge in [-0.3, -0.25) is 9.88 Å². The van der Waals surface area contributed by atoms with E-state index >= 15 is 0 Å². The monoisotopic (exact) mass is 327 g/mol. The van der Waals surface area contributed by atoms with E-state index < -0.39 is 0 Å². The van der Waals surface area contributed by atoms with E-state index in [2.05, 4.69) is 45.6 Å². The van der Waals surface area contributed by atoms with Gasteiger partial charge in [-0.15, -0.1) is 0 Å². The summed E-state index contributed by atoms with van der Waals surface area (Å²) in [6, 6.07) is 0.507. The number of anilines is 1. The minimum absolute atomic E-state index is 0.507. The van der Waals surface area contributed by atoms with Gasteiger partial charge in [-0.05, 0) is 27.8 Å². The van der Waals surface area contributed by atoms with Crippen LogP contribution >= 0.6 is 0 Å². The van der Waals surface area contributed by atoms with Gasteiger partial charge in [0.1, 0.15) is 17.9 Å². The van der Waals surface area contributed by atoms with Gasteiger partial charge in [-0.1, -0.05) is 0 Å². The summed E-state index contributed by atoms with van der Waals surface area (Å²) in [5.41, 5.74) is 4.42. The SMILES string of the molecule is COc1c(C)cnc(CN(C)C2CN(c3ncncc3C)C2)c1C. The highest BCUT2D eigenvalue weighted by Gasteiger charge is 2.32. The molecular formula is C18H25N5O. The molecule has 1 aliphatic heterocycles. The number of rotatable bonds is 5. The second-order valence-electron chi connectivity index (χ2n) is 6.55. The molecule has 6 nitrogen and oxygen atoms in total. The van der Waals surface area contributed by atoms with Crippen molar-refractivity contribution in [1.29, 1.82) is 0 Å². The number of hydrogen-bond donors (Lipinski definition) is 0. The summed E-state index contributed by atoms with van der Waals surface area (Å²) in [7, 11) is 3.87. The Kier molecular flexibility index (Phi) is 4.66. The lowest BCUT2D eigenvalue weighted by Crippen LogP contribution is -2.58. The van der Waals surface area contributed by atoms with Gasteiger partial charge >= 0.3 is 0 Å². The quantitative estimate of drug-likeness (QED) is 0.838. The zero-order chi connectivity index (χ0) is 17.3. The molecule has 0 atom stereocenters. The maximum Gasteiger partial charge on any atom is 0.134 e. The van der Waals surface area contributed by atoms with E-state index in [0.717, 1.165) is 53.6 Å². The molecule has 1 fully saturated rings. The molecule has 0 aromatic carbocycles. The summed E-state index contributed by atoms with van der Waals surface area (Å²) in [6.45, 7) is 8.95. The van der Waals surface area contributed by atoms with E-state index in [9.17, 15) is 0 Å². The molecule has 0 aliphatic carbocycles. The van der Waals surface area contributed by atoms with Crippen molar-refractivity contribution >= 4 is 5.82 Å². The highest BCUT2D eigenvalue weighted by molar-refractivity contribution is 5.48. The first-order valence-electron chi connectivity index (χ1n) is 8.22. The maximum atomic E-state index is 5.51. The van der Waals surface area contributed by atoms with Gasteiger partial charge in [0.2, 0.25) is 0 Å². The van der Waals surface area contributed by atoms with Crippen molar-refractivity contribution in [2.24, 2.45) is 0 Å². The number of nitrogens with zero attached hydrogens (tertiary/aromatic N) is 5. The van der Waals surface area contributed by atoms with Crippen molar-refractivity contribution in [3.05, 3.63) is 41.1 Å². The normalized spacial score (nSPS) is 14.8. The molecular weight excluding hydrogens is 302 g/mol. The molecule has 2 aromatic rings. The number of ether oxygens (including phenoxy) is 1. The van der Waals surface area contributed by atoms with Gasteiger partial charge in [-0.25, -0.2) is 9.97 Å². The number of aromatic nitrogens is 3. The predicted molar refractivity (Wildman–Crippen MR) is 94.5 cm³/mol. The van der Waals surface area contributed by atoms with Gasteiger partial charge in [0.25, 0.3) is 0 Å². The lowest BCUT2D eigenvalue weighted by Gasteiger charge is -2.45. The summed E-state index contributed by atoms with van der Waals surface area (Å²) < 4.78 is 5.51. The van der Waals surface area contributed by atoms with Gasteiger partial charge in [0, 0.05) is 54.8 Å². The fourth-order valence-electron chi connectivity index (χ4n) is 3.23. The van der Waals surface area contributed by atoms with E-state index in [-0.39, 0.29) is 0 Å². The number of hydrogen-bond acceptors (Lipinski definition) is 6. The van der Waals surface area contributed by atoms with Gasteiger partial charge < -0.3 is 9.64 Å². The van der Waals surface area contributed by atoms with Gasteiger partial charge in [0.15, 0.2) is 0 Å². The number of methoxy groups -OCH3 is 1. The van der Waals surface area contributed by atoms with E-state index in [1.165, 1.54) is 0 Å². The average molecular weight is 327 g/mol. The molecule has 0 amide bonds. The van der Waals surface area contributed by atoms with Crippen molar-refractivity contribution in [1.82, 2.24) is 19.9 Å². The van der Waals surface area contributed by atoms with Crippen molar-refractivity contribution in [3.8, 4) is 5.75 Å². The maximum absolute atomic E-state index is 5.51. The Morgan fingerprint density at radius 1 is 1.17 bits per heavy atom. The molecule has 128 valence electrons. The van der Waals surface area contributed by atoms with Crippen molar-refractivity contribution in [3.63, 3.8) is 0 Å². The Morgan fingerprint density at radius 3 is 2.58 bits per heavy atom. The Bertz CT molecular complexity index is 727. The van der Waals surface area contributed by atoms with Crippen LogP contribution in [0.15, 0.2) is 18.7 Å². The summed E-state index contributed by atoms with van der Waals surface area (Å²) >= 11 is 0. The molecule has 1 saturated heterocycles. The third-order valence-corrected chi connectivity index (χ3v) is 4.80. The predicted octanol–water partition coefficient (Wildman–Crippen LogP) is 2.13. The minimum atomic E-state index is 0.507. The molecule has 6 heteroatoms. The standard InChI is InChI=1S/C18H25N5O/c1-12-7-20-16(14(3)17(12)24-5)10-22(4)15-8-23(9-15)18-13(2)6-19-11-21-18/h6-7,11,15H,8-10H2,1-5H3. The van der Waals surface area contributed by atoms with Crippen LogP contribution in [0.25, 0.3) is 0 Å². The third-order valence-electron chi connectivity index (χ3n) is 4.80. The van der Waals surface area contributed by atoms with Crippen LogP contribution in [-0.2, 0) is 6.54 Å². The van der Waals surface area contributed by atoms with Crippen LogP contribution in [0.5, 0.6) is 5.75 Å².